The number of benzene rings is 2. The van der Waals surface area contributed by atoms with Crippen LogP contribution in [-0.4, -0.2) is 131 Å². The predicted molar refractivity (Wildman–Crippen MR) is 202 cm³/mol. The minimum absolute atomic E-state index is 0.0245. The molecule has 0 unspecified atom stereocenters. The Balaban J connectivity index is 1.15. The average molecular weight is 812 g/mol. The van der Waals surface area contributed by atoms with Crippen molar-refractivity contribution in [1.82, 2.24) is 4.90 Å². The number of fused-ring (bicyclic) bond motifs is 3. The van der Waals surface area contributed by atoms with Gasteiger partial charge in [-0.3, -0.25) is 19.2 Å². The largest absolute Gasteiger partial charge is 0.507 e. The second kappa shape index (κ2) is 16.2. The van der Waals surface area contributed by atoms with Gasteiger partial charge in [0, 0.05) is 54.8 Å². The normalized spacial score (nSPS) is 35.0. The number of aromatic hydroxyl groups is 3. The summed E-state index contributed by atoms with van der Waals surface area (Å²) in [7, 11) is 4.89. The van der Waals surface area contributed by atoms with Crippen LogP contribution in [0.4, 0.5) is 0 Å². The number of nitrogens with zero attached hydrogens (tertiary/aromatic N) is 1. The fourth-order valence-corrected chi connectivity index (χ4v) is 9.29. The first-order chi connectivity index (χ1) is 27.5. The van der Waals surface area contributed by atoms with Gasteiger partial charge in [-0.15, -0.1) is 0 Å². The fourth-order valence-electron chi connectivity index (χ4n) is 9.29. The van der Waals surface area contributed by atoms with E-state index < -0.39 is 101 Å². The number of ether oxygens (including phenoxy) is 7. The first-order valence-electron chi connectivity index (χ1n) is 19.9. The highest BCUT2D eigenvalue weighted by Crippen LogP contribution is 2.57. The van der Waals surface area contributed by atoms with Crippen LogP contribution in [0.1, 0.15) is 128 Å². The highest BCUT2D eigenvalue weighted by atomic mass is 16.7. The number of rotatable bonds is 9. The van der Waals surface area contributed by atoms with Crippen LogP contribution in [0.3, 0.4) is 0 Å². The Morgan fingerprint density at radius 1 is 0.845 bits per heavy atom. The molecular formula is C42H53NO15. The van der Waals surface area contributed by atoms with E-state index in [1.807, 2.05) is 32.8 Å². The zero-order valence-corrected chi connectivity index (χ0v) is 33.8. The molecule has 12 atom stereocenters. The average Bonchev–Trinajstić information content (AvgIpc) is 3.17. The summed E-state index contributed by atoms with van der Waals surface area (Å²) in [5, 5.41) is 46.7. The number of aliphatic hydroxyl groups is 1. The van der Waals surface area contributed by atoms with Gasteiger partial charge in [0.25, 0.3) is 0 Å². The van der Waals surface area contributed by atoms with Gasteiger partial charge >= 0.3 is 5.97 Å². The number of Topliss-reactive ketones (excluding diaryl/α,β-unsaturated/α-hetero) is 1. The van der Waals surface area contributed by atoms with Crippen LogP contribution in [0.2, 0.25) is 0 Å². The summed E-state index contributed by atoms with van der Waals surface area (Å²) < 4.78 is 42.9. The third-order valence-electron chi connectivity index (χ3n) is 12.5. The summed E-state index contributed by atoms with van der Waals surface area (Å²) in [6.07, 6.45) is -3.45. The molecule has 2 aromatic rings. The van der Waals surface area contributed by atoms with Crippen molar-refractivity contribution < 1.29 is 72.8 Å². The molecule has 3 aliphatic heterocycles. The Kier molecular flexibility index (Phi) is 11.8. The Labute approximate surface area is 336 Å². The number of carbonyl (C=O) groups is 4. The maximum absolute atomic E-state index is 14.0. The van der Waals surface area contributed by atoms with E-state index in [0.29, 0.717) is 25.7 Å². The summed E-state index contributed by atoms with van der Waals surface area (Å²) >= 11 is 0. The molecule has 2 aliphatic carbocycles. The van der Waals surface area contributed by atoms with E-state index in [0.717, 1.165) is 7.11 Å². The smallest absolute Gasteiger partial charge is 0.316 e. The van der Waals surface area contributed by atoms with Crippen molar-refractivity contribution in [2.75, 3.05) is 21.2 Å². The number of methoxy groups -OCH3 is 1. The van der Waals surface area contributed by atoms with E-state index >= 15 is 0 Å². The van der Waals surface area contributed by atoms with E-state index in [9.17, 15) is 39.6 Å². The summed E-state index contributed by atoms with van der Waals surface area (Å²) in [6, 6.07) is 3.61. The minimum Gasteiger partial charge on any atom is -0.507 e. The van der Waals surface area contributed by atoms with Gasteiger partial charge in [-0.05, 0) is 53.8 Å². The summed E-state index contributed by atoms with van der Waals surface area (Å²) in [5.74, 6) is -6.23. The van der Waals surface area contributed by atoms with Crippen LogP contribution in [0.15, 0.2) is 18.2 Å². The molecule has 0 aromatic heterocycles. The van der Waals surface area contributed by atoms with Gasteiger partial charge in [0.15, 0.2) is 30.4 Å². The van der Waals surface area contributed by atoms with Gasteiger partial charge in [0.05, 0.1) is 53.8 Å². The van der Waals surface area contributed by atoms with Crippen LogP contribution < -0.4 is 0 Å². The Morgan fingerprint density at radius 3 is 2.17 bits per heavy atom. The molecule has 7 rings (SSSR count). The van der Waals surface area contributed by atoms with Gasteiger partial charge in [-0.25, -0.2) is 0 Å². The summed E-state index contributed by atoms with van der Waals surface area (Å²) in [5.41, 5.74) is -4.04. The highest BCUT2D eigenvalue weighted by Gasteiger charge is 2.55. The second-order valence-electron chi connectivity index (χ2n) is 16.2. The standard InChI is InChI=1S/C42H53NO15/c1-8-42(51)17-26(31-32(35(42)41(50)52-7)39(49)33-34(38(31)48)37(47)30-21(36(33)46)10-9-11-24(30)45)57-29-16-22(43(5)6)40(20(4)55-29)58-28-15-13-25(19(3)54-28)56-27-14-12-23(44)18(2)53-27/h9-11,18-20,22,25-29,35,40,45,48-49,51H,8,12-17H2,1-7H3/t18-,19-,20-,22+,25-,26-,27-,28-,29+,35+,40+,42+/m0/s1. The van der Waals surface area contributed by atoms with Gasteiger partial charge in [0.1, 0.15) is 35.4 Å². The first-order valence-corrected chi connectivity index (χ1v) is 19.9. The molecule has 16 heteroatoms. The maximum atomic E-state index is 14.0. The zero-order chi connectivity index (χ0) is 42.0. The van der Waals surface area contributed by atoms with Gasteiger partial charge in [0.2, 0.25) is 5.78 Å². The lowest BCUT2D eigenvalue weighted by Gasteiger charge is -2.48. The lowest BCUT2D eigenvalue weighted by Crippen LogP contribution is -2.57. The van der Waals surface area contributed by atoms with Gasteiger partial charge < -0.3 is 58.5 Å². The second-order valence-corrected chi connectivity index (χ2v) is 16.2. The number of carbonyl (C=O) groups excluding carboxylic acids is 4. The lowest BCUT2D eigenvalue weighted by molar-refractivity contribution is -0.311. The number of likely N-dealkylation sites (N-methyl/N-ethyl adjacent to an activating group) is 1. The molecule has 3 heterocycles. The van der Waals surface area contributed by atoms with Crippen LogP contribution in [0, 0.1) is 0 Å². The lowest BCUT2D eigenvalue weighted by atomic mass is 9.66. The van der Waals surface area contributed by atoms with Crippen molar-refractivity contribution in [2.45, 2.75) is 146 Å². The van der Waals surface area contributed by atoms with E-state index in [1.165, 1.54) is 18.2 Å². The number of phenolic OH excluding ortho intramolecular Hbond substituents is 3. The maximum Gasteiger partial charge on any atom is 0.316 e. The Hall–Kier alpha value is -4.00. The monoisotopic (exact) mass is 811 g/mol. The molecule has 16 nitrogen and oxygen atoms in total. The van der Waals surface area contributed by atoms with Crippen LogP contribution in [0.25, 0.3) is 0 Å². The summed E-state index contributed by atoms with van der Waals surface area (Å²) in [6.45, 7) is 7.10. The van der Waals surface area contributed by atoms with Crippen molar-refractivity contribution in [1.29, 1.82) is 0 Å². The third kappa shape index (κ3) is 7.31. The third-order valence-corrected chi connectivity index (χ3v) is 12.5. The molecule has 316 valence electrons. The van der Waals surface area contributed by atoms with Crippen molar-refractivity contribution in [3.8, 4) is 17.2 Å². The SMILES string of the molecule is CC[C@@]1(O)C[C@H](O[C@@H]2C[C@@H](N(C)C)[C@H](O[C@H]3CC[C@H](O[C@H]4CCC(=O)[C@H](C)O4)[C@H](C)O3)[C@H](C)O2)c2c(O)c3c(c(O)c2[C@@H]1C(=O)OC)C(=O)c1cccc(O)c1C3=O. The van der Waals surface area contributed by atoms with Crippen molar-refractivity contribution in [3.63, 3.8) is 0 Å². The molecule has 0 saturated carbocycles. The van der Waals surface area contributed by atoms with Crippen LogP contribution >= 0.6 is 0 Å². The van der Waals surface area contributed by atoms with Crippen molar-refractivity contribution >= 4 is 23.3 Å². The molecule has 58 heavy (non-hydrogen) atoms. The molecule has 0 bridgehead atoms. The number of phenols is 3. The van der Waals surface area contributed by atoms with Gasteiger partial charge in [-0.1, -0.05) is 19.1 Å². The van der Waals surface area contributed by atoms with E-state index in [1.54, 1.807) is 13.8 Å². The molecule has 5 aliphatic rings. The summed E-state index contributed by atoms with van der Waals surface area (Å²) in [4.78, 5) is 55.2. The molecular weight excluding hydrogens is 758 g/mol. The molecule has 0 amide bonds. The molecule has 2 aromatic carbocycles. The van der Waals surface area contributed by atoms with Crippen LogP contribution in [-0.2, 0) is 42.7 Å². The van der Waals surface area contributed by atoms with Gasteiger partial charge in [-0.2, -0.15) is 0 Å². The Morgan fingerprint density at radius 2 is 1.52 bits per heavy atom. The number of hydrogen-bond acceptors (Lipinski definition) is 16. The fraction of sp³-hybridized carbons (Fsp3) is 0.619. The molecule has 3 saturated heterocycles. The molecule has 0 spiro atoms. The van der Waals surface area contributed by atoms with Crippen molar-refractivity contribution in [3.05, 3.63) is 51.6 Å². The Bertz CT molecular complexity index is 1970. The highest BCUT2D eigenvalue weighted by molar-refractivity contribution is 6.31. The van der Waals surface area contributed by atoms with E-state index in [4.69, 9.17) is 33.2 Å². The molecule has 4 N–H and O–H groups in total. The number of hydrogen-bond donors (Lipinski definition) is 4. The topological polar surface area (TPSA) is 217 Å². The van der Waals surface area contributed by atoms with E-state index in [-0.39, 0.29) is 65.5 Å². The molecule has 0 radical (unpaired) electrons. The quantitative estimate of drug-likeness (QED) is 0.178. The minimum atomic E-state index is -1.90. The molecule has 3 fully saturated rings. The number of esters is 1. The van der Waals surface area contributed by atoms with Crippen LogP contribution in [0.5, 0.6) is 17.2 Å². The number of ketones is 3. The van der Waals surface area contributed by atoms with Crippen molar-refractivity contribution in [2.24, 2.45) is 0 Å². The zero-order valence-electron chi connectivity index (χ0n) is 33.8. The van der Waals surface area contributed by atoms with E-state index in [2.05, 4.69) is 0 Å². The predicted octanol–water partition coefficient (Wildman–Crippen LogP) is 3.89. The first kappa shape index (κ1) is 42.1.